The van der Waals surface area contributed by atoms with Crippen LogP contribution >= 0.6 is 11.6 Å². The second kappa shape index (κ2) is 3.42. The lowest BCUT2D eigenvalue weighted by molar-refractivity contribution is -0.548. The zero-order chi connectivity index (χ0) is 11.9. The van der Waals surface area contributed by atoms with E-state index in [1.54, 1.807) is 0 Å². The summed E-state index contributed by atoms with van der Waals surface area (Å²) in [5.41, 5.74) is -0.0853. The van der Waals surface area contributed by atoms with Crippen LogP contribution in [0, 0.1) is 20.2 Å². The van der Waals surface area contributed by atoms with E-state index in [0.717, 1.165) is 12.1 Å². The normalized spacial score (nSPS) is 10.6. The number of nitrogens with zero attached hydrogens (tertiary/aromatic N) is 4. The molecule has 0 fully saturated rings. The van der Waals surface area contributed by atoms with Crippen molar-refractivity contribution in [1.82, 2.24) is 9.89 Å². The summed E-state index contributed by atoms with van der Waals surface area (Å²) in [6, 6.07) is 3.53. The first-order valence-corrected chi connectivity index (χ1v) is 4.36. The minimum absolute atomic E-state index is 0.112. The summed E-state index contributed by atoms with van der Waals surface area (Å²) in [4.78, 5) is 20.9. The van der Waals surface area contributed by atoms with Gasteiger partial charge in [-0.3, -0.25) is 10.1 Å². The zero-order valence-corrected chi connectivity index (χ0v) is 8.29. The molecule has 2 aromatic rings. The number of halogens is 1. The molecule has 16 heavy (non-hydrogen) atoms. The van der Waals surface area contributed by atoms with Crippen molar-refractivity contribution in [3.05, 3.63) is 43.6 Å². The number of non-ortho nitro benzene ring substituents is 1. The Bertz CT molecular complexity index is 608. The number of aromatic nitrogens is 2. The van der Waals surface area contributed by atoms with Gasteiger partial charge in [0.1, 0.15) is 5.52 Å². The van der Waals surface area contributed by atoms with Crippen LogP contribution in [0.2, 0.25) is 5.15 Å². The van der Waals surface area contributed by atoms with Crippen molar-refractivity contribution in [2.75, 3.05) is 0 Å². The number of nitro benzene ring substituents is 1. The Hall–Kier alpha value is -2.22. The first-order valence-electron chi connectivity index (χ1n) is 3.98. The number of hydrogen-bond acceptors (Lipinski definition) is 5. The minimum atomic E-state index is -0.764. The van der Waals surface area contributed by atoms with Crippen LogP contribution in [0.25, 0.3) is 10.9 Å². The quantitative estimate of drug-likeness (QED) is 0.588. The van der Waals surface area contributed by atoms with E-state index in [4.69, 9.17) is 11.6 Å². The SMILES string of the molecule is O=[N+]([O-])c1ccc2c(c1)c(Cl)nn2[N+](=O)[O-]. The van der Waals surface area contributed by atoms with Crippen molar-refractivity contribution in [1.29, 1.82) is 0 Å². The molecule has 0 spiro atoms. The van der Waals surface area contributed by atoms with Gasteiger partial charge in [0.2, 0.25) is 0 Å². The molecule has 0 saturated heterocycles. The number of benzene rings is 1. The van der Waals surface area contributed by atoms with Crippen LogP contribution in [0.1, 0.15) is 0 Å². The Morgan fingerprint density at radius 3 is 2.56 bits per heavy atom. The molecular formula is C7H3ClN4O4. The van der Waals surface area contributed by atoms with Gasteiger partial charge >= 0.3 is 0 Å². The molecule has 0 N–H and O–H groups in total. The topological polar surface area (TPSA) is 104 Å². The monoisotopic (exact) mass is 242 g/mol. The van der Waals surface area contributed by atoms with Gasteiger partial charge in [0, 0.05) is 16.9 Å². The number of rotatable bonds is 2. The molecule has 0 amide bonds. The third-order valence-corrected chi connectivity index (χ3v) is 2.25. The fourth-order valence-corrected chi connectivity index (χ4v) is 1.52. The number of hydrogen-bond donors (Lipinski definition) is 0. The second-order valence-electron chi connectivity index (χ2n) is 2.88. The predicted octanol–water partition coefficient (Wildman–Crippen LogP) is 1.64. The van der Waals surface area contributed by atoms with Crippen molar-refractivity contribution in [3.63, 3.8) is 0 Å². The summed E-state index contributed by atoms with van der Waals surface area (Å²) in [6.45, 7) is 0. The minimum Gasteiger partial charge on any atom is -0.339 e. The van der Waals surface area contributed by atoms with Crippen LogP contribution in [0.15, 0.2) is 18.2 Å². The number of nitro groups is 2. The highest BCUT2D eigenvalue weighted by atomic mass is 35.5. The molecule has 1 aromatic carbocycles. The third kappa shape index (κ3) is 1.44. The summed E-state index contributed by atoms with van der Waals surface area (Å²) < 4.78 is 0. The summed E-state index contributed by atoms with van der Waals surface area (Å²) in [5, 5.41) is 23.8. The molecule has 0 aliphatic rings. The van der Waals surface area contributed by atoms with E-state index in [1.165, 1.54) is 6.07 Å². The third-order valence-electron chi connectivity index (χ3n) is 1.97. The van der Waals surface area contributed by atoms with Crippen LogP contribution in [0.3, 0.4) is 0 Å². The Morgan fingerprint density at radius 1 is 1.31 bits per heavy atom. The molecule has 0 aliphatic carbocycles. The highest BCUT2D eigenvalue weighted by Crippen LogP contribution is 2.26. The van der Waals surface area contributed by atoms with E-state index in [-0.39, 0.29) is 21.7 Å². The van der Waals surface area contributed by atoms with E-state index in [1.807, 2.05) is 0 Å². The van der Waals surface area contributed by atoms with Gasteiger partial charge in [-0.25, -0.2) is 0 Å². The first-order chi connectivity index (χ1) is 7.50. The molecule has 0 atom stereocenters. The average molecular weight is 243 g/mol. The lowest BCUT2D eigenvalue weighted by Crippen LogP contribution is -2.09. The summed E-state index contributed by atoms with van der Waals surface area (Å²) in [5.74, 6) is 0. The highest BCUT2D eigenvalue weighted by molar-refractivity contribution is 6.34. The highest BCUT2D eigenvalue weighted by Gasteiger charge is 2.20. The van der Waals surface area contributed by atoms with Gasteiger partial charge in [0.15, 0.2) is 0 Å². The van der Waals surface area contributed by atoms with Gasteiger partial charge in [-0.1, -0.05) is 0 Å². The molecule has 0 bridgehead atoms. The molecule has 1 aromatic heterocycles. The Balaban J connectivity index is 2.76. The van der Waals surface area contributed by atoms with E-state index >= 15 is 0 Å². The largest absolute Gasteiger partial charge is 0.339 e. The van der Waals surface area contributed by atoms with Crippen molar-refractivity contribution in [3.8, 4) is 0 Å². The maximum Gasteiger partial charge on any atom is 0.278 e. The van der Waals surface area contributed by atoms with Crippen molar-refractivity contribution < 1.29 is 9.96 Å². The Morgan fingerprint density at radius 2 is 2.00 bits per heavy atom. The zero-order valence-electron chi connectivity index (χ0n) is 7.53. The standard InChI is InChI=1S/C7H3ClN4O4/c8-7-5-3-4(11(13)14)1-2-6(5)10(9-7)12(15)16/h1-3H. The molecule has 0 radical (unpaired) electrons. The molecule has 0 aliphatic heterocycles. The fourth-order valence-electron chi connectivity index (χ4n) is 1.29. The van der Waals surface area contributed by atoms with Crippen molar-refractivity contribution >= 4 is 28.2 Å². The van der Waals surface area contributed by atoms with E-state index in [9.17, 15) is 20.2 Å². The predicted molar refractivity (Wildman–Crippen MR) is 53.8 cm³/mol. The van der Waals surface area contributed by atoms with Gasteiger partial charge in [-0.2, -0.15) is 0 Å². The van der Waals surface area contributed by atoms with Crippen LogP contribution in [-0.2, 0) is 0 Å². The van der Waals surface area contributed by atoms with Crippen LogP contribution < -0.4 is 0 Å². The van der Waals surface area contributed by atoms with Crippen molar-refractivity contribution in [2.45, 2.75) is 0 Å². The summed E-state index contributed by atoms with van der Waals surface area (Å²) >= 11 is 5.64. The molecule has 8 nitrogen and oxygen atoms in total. The maximum atomic E-state index is 10.6. The molecule has 0 unspecified atom stereocenters. The van der Waals surface area contributed by atoms with Crippen molar-refractivity contribution in [2.24, 2.45) is 0 Å². The first kappa shape index (κ1) is 10.3. The Kier molecular flexibility index (Phi) is 2.20. The van der Waals surface area contributed by atoms with Gasteiger partial charge in [0.25, 0.3) is 10.8 Å². The fraction of sp³-hybridized carbons (Fsp3) is 0. The second-order valence-corrected chi connectivity index (χ2v) is 3.23. The van der Waals surface area contributed by atoms with Gasteiger partial charge in [0.05, 0.1) is 20.4 Å². The van der Waals surface area contributed by atoms with Gasteiger partial charge in [-0.15, -0.1) is 0 Å². The number of fused-ring (bicyclic) bond motifs is 1. The molecule has 2 rings (SSSR count). The lowest BCUT2D eigenvalue weighted by Gasteiger charge is -1.93. The summed E-state index contributed by atoms with van der Waals surface area (Å²) in [7, 11) is 0. The summed E-state index contributed by atoms with van der Waals surface area (Å²) in [6.07, 6.45) is 0. The van der Waals surface area contributed by atoms with E-state index < -0.39 is 9.96 Å². The molecule has 9 heteroatoms. The average Bonchev–Trinajstić information content (AvgIpc) is 2.56. The molecule has 0 saturated carbocycles. The van der Waals surface area contributed by atoms with E-state index in [0.29, 0.717) is 4.79 Å². The Labute approximate surface area is 92.3 Å². The van der Waals surface area contributed by atoms with E-state index in [2.05, 4.69) is 5.10 Å². The van der Waals surface area contributed by atoms with Crippen LogP contribution in [0.5, 0.6) is 0 Å². The van der Waals surface area contributed by atoms with Crippen LogP contribution in [0.4, 0.5) is 5.69 Å². The molecule has 82 valence electrons. The van der Waals surface area contributed by atoms with Crippen LogP contribution in [-0.4, -0.2) is 19.8 Å². The smallest absolute Gasteiger partial charge is 0.278 e. The molecular weight excluding hydrogens is 240 g/mol. The molecule has 1 heterocycles. The lowest BCUT2D eigenvalue weighted by atomic mass is 10.2. The maximum absolute atomic E-state index is 10.6. The van der Waals surface area contributed by atoms with Gasteiger partial charge in [-0.05, 0) is 17.7 Å². The van der Waals surface area contributed by atoms with Gasteiger partial charge < -0.3 is 10.1 Å².